The molecule has 6 nitrogen and oxygen atoms in total. The molecule has 0 aliphatic carbocycles. The minimum atomic E-state index is -3.42. The maximum Gasteiger partial charge on any atom is 0.279 e. The van der Waals surface area contributed by atoms with Crippen LogP contribution in [0, 0.1) is 0 Å². The van der Waals surface area contributed by atoms with Gasteiger partial charge < -0.3 is 9.84 Å². The summed E-state index contributed by atoms with van der Waals surface area (Å²) in [5.41, 5.74) is 0. The van der Waals surface area contributed by atoms with Crippen LogP contribution in [0.15, 0.2) is 0 Å². The predicted octanol–water partition coefficient (Wildman–Crippen LogP) is -1.47. The Balaban J connectivity index is 2.41. The molecule has 1 heterocycles. The Morgan fingerprint density at radius 3 is 2.86 bits per heavy atom. The van der Waals surface area contributed by atoms with Crippen LogP contribution in [0.3, 0.4) is 0 Å². The molecule has 0 spiro atoms. The molecule has 1 rings (SSSR count). The Labute approximate surface area is 84.0 Å². The molecule has 0 bridgehead atoms. The predicted molar refractivity (Wildman–Crippen MR) is 51.0 cm³/mol. The van der Waals surface area contributed by atoms with Gasteiger partial charge in [-0.25, -0.2) is 0 Å². The van der Waals surface area contributed by atoms with Gasteiger partial charge in [-0.05, 0) is 6.42 Å². The zero-order chi connectivity index (χ0) is 10.6. The number of aliphatic hydroxyl groups excluding tert-OH is 1. The number of β-amino-alcohol motifs (C(OH)–C–C–N with tert-alkyl or cyclic N) is 1. The molecule has 1 atom stereocenters. The van der Waals surface area contributed by atoms with Crippen molar-refractivity contribution in [3.63, 3.8) is 0 Å². The molecule has 1 aliphatic heterocycles. The second-order valence-electron chi connectivity index (χ2n) is 3.19. The first kappa shape index (κ1) is 11.9. The maximum absolute atomic E-state index is 11.5. The van der Waals surface area contributed by atoms with Gasteiger partial charge in [0.2, 0.25) is 0 Å². The summed E-state index contributed by atoms with van der Waals surface area (Å²) in [5.74, 6) is 0. The summed E-state index contributed by atoms with van der Waals surface area (Å²) in [4.78, 5) is 0. The standard InChI is InChI=1S/C7H16N2O4S/c1-13-5-3-8-14(11,12)9-4-2-7(10)6-9/h7-8,10H,2-6H2,1H3/t7-/m0/s1. The fourth-order valence-corrected chi connectivity index (χ4v) is 2.53. The molecule has 0 unspecified atom stereocenters. The highest BCUT2D eigenvalue weighted by Crippen LogP contribution is 2.11. The van der Waals surface area contributed by atoms with Crippen molar-refractivity contribution in [2.24, 2.45) is 0 Å². The lowest BCUT2D eigenvalue weighted by Crippen LogP contribution is -2.40. The van der Waals surface area contributed by atoms with Crippen molar-refractivity contribution >= 4 is 10.2 Å². The van der Waals surface area contributed by atoms with Crippen LogP contribution in [-0.4, -0.2) is 57.3 Å². The number of ether oxygens (including phenoxy) is 1. The Kier molecular flexibility index (Phi) is 4.27. The summed E-state index contributed by atoms with van der Waals surface area (Å²) in [6.07, 6.45) is -0.0282. The fraction of sp³-hybridized carbons (Fsp3) is 1.00. The van der Waals surface area contributed by atoms with Crippen LogP contribution in [0.2, 0.25) is 0 Å². The molecule has 1 saturated heterocycles. The third-order valence-electron chi connectivity index (χ3n) is 2.06. The molecule has 1 fully saturated rings. The first-order valence-corrected chi connectivity index (χ1v) is 5.92. The molecular formula is C7H16N2O4S. The van der Waals surface area contributed by atoms with E-state index in [0.717, 1.165) is 0 Å². The van der Waals surface area contributed by atoms with Gasteiger partial charge in [0.15, 0.2) is 0 Å². The minimum absolute atomic E-state index is 0.183. The van der Waals surface area contributed by atoms with E-state index in [9.17, 15) is 13.5 Å². The minimum Gasteiger partial charge on any atom is -0.392 e. The molecule has 14 heavy (non-hydrogen) atoms. The molecule has 84 valence electrons. The van der Waals surface area contributed by atoms with E-state index < -0.39 is 16.3 Å². The molecular weight excluding hydrogens is 208 g/mol. The fourth-order valence-electron chi connectivity index (χ4n) is 1.29. The highest BCUT2D eigenvalue weighted by atomic mass is 32.2. The number of hydrogen-bond donors (Lipinski definition) is 2. The monoisotopic (exact) mass is 224 g/mol. The van der Waals surface area contributed by atoms with Gasteiger partial charge in [0.05, 0.1) is 12.7 Å². The molecule has 0 radical (unpaired) electrons. The van der Waals surface area contributed by atoms with Crippen molar-refractivity contribution < 1.29 is 18.3 Å². The molecule has 2 N–H and O–H groups in total. The van der Waals surface area contributed by atoms with Crippen molar-refractivity contribution in [2.75, 3.05) is 33.4 Å². The number of methoxy groups -OCH3 is 1. The molecule has 0 aromatic carbocycles. The highest BCUT2D eigenvalue weighted by Gasteiger charge is 2.29. The Morgan fingerprint density at radius 1 is 1.64 bits per heavy atom. The van der Waals surface area contributed by atoms with Gasteiger partial charge in [0, 0.05) is 26.7 Å². The van der Waals surface area contributed by atoms with Crippen molar-refractivity contribution in [1.29, 1.82) is 0 Å². The SMILES string of the molecule is COCCNS(=O)(=O)N1CC[C@H](O)C1. The maximum atomic E-state index is 11.5. The van der Waals surface area contributed by atoms with Gasteiger partial charge in [0.25, 0.3) is 10.2 Å². The van der Waals surface area contributed by atoms with Gasteiger partial charge in [-0.2, -0.15) is 17.4 Å². The topological polar surface area (TPSA) is 78.9 Å². The molecule has 7 heteroatoms. The second-order valence-corrected chi connectivity index (χ2v) is 4.95. The molecule has 0 amide bonds. The molecule has 0 saturated carbocycles. The largest absolute Gasteiger partial charge is 0.392 e. The zero-order valence-electron chi connectivity index (χ0n) is 8.14. The quantitative estimate of drug-likeness (QED) is 0.559. The first-order chi connectivity index (χ1) is 6.56. The average Bonchev–Trinajstić information content (AvgIpc) is 2.53. The van der Waals surface area contributed by atoms with Crippen LogP contribution in [0.1, 0.15) is 6.42 Å². The smallest absolute Gasteiger partial charge is 0.279 e. The van der Waals surface area contributed by atoms with Crippen molar-refractivity contribution in [3.8, 4) is 0 Å². The van der Waals surface area contributed by atoms with Gasteiger partial charge in [-0.1, -0.05) is 0 Å². The zero-order valence-corrected chi connectivity index (χ0v) is 8.96. The normalized spacial score (nSPS) is 24.3. The van der Waals surface area contributed by atoms with Crippen LogP contribution in [0.5, 0.6) is 0 Å². The second kappa shape index (κ2) is 5.04. The van der Waals surface area contributed by atoms with E-state index >= 15 is 0 Å². The van der Waals surface area contributed by atoms with Crippen LogP contribution in [0.4, 0.5) is 0 Å². The molecule has 0 aromatic heterocycles. The van der Waals surface area contributed by atoms with E-state index in [0.29, 0.717) is 19.6 Å². The summed E-state index contributed by atoms with van der Waals surface area (Å²) in [5, 5.41) is 9.18. The van der Waals surface area contributed by atoms with E-state index in [1.165, 1.54) is 11.4 Å². The van der Waals surface area contributed by atoms with Crippen molar-refractivity contribution in [1.82, 2.24) is 9.03 Å². The number of hydrogen-bond acceptors (Lipinski definition) is 4. The van der Waals surface area contributed by atoms with E-state index in [1.54, 1.807) is 0 Å². The average molecular weight is 224 g/mol. The Bertz CT molecular complexity index is 267. The van der Waals surface area contributed by atoms with Crippen LogP contribution in [0.25, 0.3) is 0 Å². The summed E-state index contributed by atoms with van der Waals surface area (Å²) >= 11 is 0. The van der Waals surface area contributed by atoms with Crippen LogP contribution < -0.4 is 4.72 Å². The van der Waals surface area contributed by atoms with Gasteiger partial charge >= 0.3 is 0 Å². The first-order valence-electron chi connectivity index (χ1n) is 4.48. The molecule has 1 aliphatic rings. The summed E-state index contributed by atoms with van der Waals surface area (Å²) < 4.78 is 31.4. The lowest BCUT2D eigenvalue weighted by Gasteiger charge is -2.15. The van der Waals surface area contributed by atoms with E-state index in [4.69, 9.17) is 4.74 Å². The summed E-state index contributed by atoms with van der Waals surface area (Å²) in [6, 6.07) is 0. The van der Waals surface area contributed by atoms with Crippen LogP contribution in [-0.2, 0) is 14.9 Å². The summed E-state index contributed by atoms with van der Waals surface area (Å²) in [6.45, 7) is 1.16. The summed E-state index contributed by atoms with van der Waals surface area (Å²) in [7, 11) is -1.91. The number of rotatable bonds is 5. The Hall–Kier alpha value is -0.210. The van der Waals surface area contributed by atoms with E-state index in [2.05, 4.69) is 4.72 Å². The van der Waals surface area contributed by atoms with E-state index in [-0.39, 0.29) is 13.1 Å². The lowest BCUT2D eigenvalue weighted by atomic mass is 10.3. The number of aliphatic hydroxyl groups is 1. The van der Waals surface area contributed by atoms with Gasteiger partial charge in [-0.3, -0.25) is 0 Å². The van der Waals surface area contributed by atoms with Crippen molar-refractivity contribution in [2.45, 2.75) is 12.5 Å². The van der Waals surface area contributed by atoms with Crippen LogP contribution >= 0.6 is 0 Å². The lowest BCUT2D eigenvalue weighted by molar-refractivity contribution is 0.188. The number of nitrogens with zero attached hydrogens (tertiary/aromatic N) is 1. The number of nitrogens with one attached hydrogen (secondary N) is 1. The van der Waals surface area contributed by atoms with Gasteiger partial charge in [-0.15, -0.1) is 0 Å². The van der Waals surface area contributed by atoms with E-state index in [1.807, 2.05) is 0 Å². The third kappa shape index (κ3) is 3.18. The van der Waals surface area contributed by atoms with Gasteiger partial charge in [0.1, 0.15) is 0 Å². The third-order valence-corrected chi connectivity index (χ3v) is 3.64. The molecule has 0 aromatic rings. The Morgan fingerprint density at radius 2 is 2.36 bits per heavy atom. The highest BCUT2D eigenvalue weighted by molar-refractivity contribution is 7.87. The van der Waals surface area contributed by atoms with Crippen molar-refractivity contribution in [3.05, 3.63) is 0 Å².